The molecule has 0 unspecified atom stereocenters. The minimum atomic E-state index is 0.709. The van der Waals surface area contributed by atoms with Crippen molar-refractivity contribution in [1.82, 2.24) is 14.5 Å². The number of benzene rings is 3. The van der Waals surface area contributed by atoms with Crippen LogP contribution in [-0.4, -0.2) is 21.6 Å². The summed E-state index contributed by atoms with van der Waals surface area (Å²) in [5.41, 5.74) is 2.99. The van der Waals surface area contributed by atoms with Crippen LogP contribution in [0.15, 0.2) is 85.1 Å². The largest absolute Gasteiger partial charge is 0.497 e. The van der Waals surface area contributed by atoms with Gasteiger partial charge in [-0.2, -0.15) is 0 Å². The van der Waals surface area contributed by atoms with Crippen molar-refractivity contribution < 1.29 is 4.74 Å². The van der Waals surface area contributed by atoms with Gasteiger partial charge >= 0.3 is 0 Å². The molecule has 0 aliphatic carbocycles. The Balaban J connectivity index is 1.85. The van der Waals surface area contributed by atoms with Crippen LogP contribution in [0.1, 0.15) is 0 Å². The highest BCUT2D eigenvalue weighted by molar-refractivity contribution is 5.91. The molecule has 5 aromatic rings. The number of para-hydroxylation sites is 1. The number of hydrogen-bond acceptors (Lipinski definition) is 3. The Hall–Kier alpha value is -3.66. The standard InChI is InChI=1S/C23H17N3O/c1-27-18-11-12-20-19(15-18)23(25-22(24-20)17-8-3-2-4-9-17)26-14-13-16-7-5-6-10-21(16)26/h2-15H,1H3. The molecular formula is C23H17N3O. The fourth-order valence-corrected chi connectivity index (χ4v) is 3.39. The summed E-state index contributed by atoms with van der Waals surface area (Å²) >= 11 is 0. The summed E-state index contributed by atoms with van der Waals surface area (Å²) in [4.78, 5) is 9.73. The summed E-state index contributed by atoms with van der Waals surface area (Å²) in [6.07, 6.45) is 2.06. The maximum absolute atomic E-state index is 5.43. The minimum absolute atomic E-state index is 0.709. The molecule has 0 radical (unpaired) electrons. The highest BCUT2D eigenvalue weighted by Gasteiger charge is 2.13. The third-order valence-corrected chi connectivity index (χ3v) is 4.74. The molecular weight excluding hydrogens is 334 g/mol. The van der Waals surface area contributed by atoms with Crippen LogP contribution in [0.2, 0.25) is 0 Å². The fourth-order valence-electron chi connectivity index (χ4n) is 3.39. The van der Waals surface area contributed by atoms with Crippen molar-refractivity contribution in [3.8, 4) is 23.0 Å². The van der Waals surface area contributed by atoms with Gasteiger partial charge in [-0.05, 0) is 35.7 Å². The molecule has 4 heteroatoms. The number of nitrogens with zero attached hydrogens (tertiary/aromatic N) is 3. The summed E-state index contributed by atoms with van der Waals surface area (Å²) in [5.74, 6) is 2.34. The van der Waals surface area contributed by atoms with Gasteiger partial charge < -0.3 is 9.30 Å². The van der Waals surface area contributed by atoms with Crippen molar-refractivity contribution >= 4 is 21.8 Å². The lowest BCUT2D eigenvalue weighted by Crippen LogP contribution is -2.02. The number of fused-ring (bicyclic) bond motifs is 2. The van der Waals surface area contributed by atoms with Gasteiger partial charge in [0.2, 0.25) is 0 Å². The second-order valence-electron chi connectivity index (χ2n) is 6.36. The van der Waals surface area contributed by atoms with Crippen LogP contribution in [-0.2, 0) is 0 Å². The Labute approximate surface area is 156 Å². The van der Waals surface area contributed by atoms with Crippen molar-refractivity contribution in [3.63, 3.8) is 0 Å². The summed E-state index contributed by atoms with van der Waals surface area (Å²) in [7, 11) is 1.67. The predicted molar refractivity (Wildman–Crippen MR) is 108 cm³/mol. The van der Waals surface area contributed by atoms with Gasteiger partial charge in [0.25, 0.3) is 0 Å². The third kappa shape index (κ3) is 2.62. The highest BCUT2D eigenvalue weighted by Crippen LogP contribution is 2.29. The first-order valence-electron chi connectivity index (χ1n) is 8.81. The summed E-state index contributed by atoms with van der Waals surface area (Å²) in [6.45, 7) is 0. The zero-order valence-electron chi connectivity index (χ0n) is 14.8. The van der Waals surface area contributed by atoms with Crippen molar-refractivity contribution in [2.75, 3.05) is 7.11 Å². The molecule has 0 spiro atoms. The molecule has 0 saturated carbocycles. The van der Waals surface area contributed by atoms with Gasteiger partial charge in [-0.25, -0.2) is 9.97 Å². The van der Waals surface area contributed by atoms with Gasteiger partial charge in [-0.15, -0.1) is 0 Å². The van der Waals surface area contributed by atoms with Crippen LogP contribution in [0.25, 0.3) is 39.0 Å². The first-order chi connectivity index (χ1) is 13.3. The van der Waals surface area contributed by atoms with E-state index in [0.717, 1.165) is 33.6 Å². The zero-order chi connectivity index (χ0) is 18.2. The van der Waals surface area contributed by atoms with E-state index in [4.69, 9.17) is 14.7 Å². The molecule has 0 atom stereocenters. The minimum Gasteiger partial charge on any atom is -0.497 e. The average Bonchev–Trinajstić information content (AvgIpc) is 3.17. The molecule has 0 amide bonds. The zero-order valence-corrected chi connectivity index (χ0v) is 14.8. The Morgan fingerprint density at radius 1 is 0.815 bits per heavy atom. The first kappa shape index (κ1) is 15.6. The molecule has 2 aromatic heterocycles. The predicted octanol–water partition coefficient (Wildman–Crippen LogP) is 5.25. The van der Waals surface area contributed by atoms with E-state index in [2.05, 4.69) is 29.0 Å². The summed E-state index contributed by atoms with van der Waals surface area (Å²) in [5, 5.41) is 2.13. The van der Waals surface area contributed by atoms with E-state index in [0.29, 0.717) is 5.82 Å². The molecule has 3 aromatic carbocycles. The second-order valence-corrected chi connectivity index (χ2v) is 6.36. The van der Waals surface area contributed by atoms with E-state index in [1.165, 1.54) is 5.39 Å². The molecule has 2 heterocycles. The highest BCUT2D eigenvalue weighted by atomic mass is 16.5. The lowest BCUT2D eigenvalue weighted by molar-refractivity contribution is 0.415. The Morgan fingerprint density at radius 3 is 2.48 bits per heavy atom. The van der Waals surface area contributed by atoms with E-state index >= 15 is 0 Å². The molecule has 0 N–H and O–H groups in total. The monoisotopic (exact) mass is 351 g/mol. The molecule has 0 bridgehead atoms. The van der Waals surface area contributed by atoms with Crippen molar-refractivity contribution in [2.24, 2.45) is 0 Å². The number of rotatable bonds is 3. The van der Waals surface area contributed by atoms with Crippen LogP contribution in [0.5, 0.6) is 5.75 Å². The lowest BCUT2D eigenvalue weighted by atomic mass is 10.1. The maximum Gasteiger partial charge on any atom is 0.162 e. The van der Waals surface area contributed by atoms with E-state index < -0.39 is 0 Å². The smallest absolute Gasteiger partial charge is 0.162 e. The van der Waals surface area contributed by atoms with Crippen molar-refractivity contribution in [1.29, 1.82) is 0 Å². The van der Waals surface area contributed by atoms with Gasteiger partial charge in [-0.1, -0.05) is 48.5 Å². The van der Waals surface area contributed by atoms with Crippen LogP contribution in [0, 0.1) is 0 Å². The van der Waals surface area contributed by atoms with E-state index in [-0.39, 0.29) is 0 Å². The van der Waals surface area contributed by atoms with Crippen LogP contribution < -0.4 is 4.74 Å². The van der Waals surface area contributed by atoms with Gasteiger partial charge in [0.1, 0.15) is 11.6 Å². The van der Waals surface area contributed by atoms with Crippen LogP contribution in [0.4, 0.5) is 0 Å². The maximum atomic E-state index is 5.43. The number of methoxy groups -OCH3 is 1. The first-order valence-corrected chi connectivity index (χ1v) is 8.81. The third-order valence-electron chi connectivity index (χ3n) is 4.74. The molecule has 27 heavy (non-hydrogen) atoms. The van der Waals surface area contributed by atoms with E-state index in [9.17, 15) is 0 Å². The molecule has 5 rings (SSSR count). The summed E-state index contributed by atoms with van der Waals surface area (Å²) < 4.78 is 7.55. The molecule has 130 valence electrons. The Bertz CT molecular complexity index is 1260. The Kier molecular flexibility index (Phi) is 3.61. The molecule has 4 nitrogen and oxygen atoms in total. The van der Waals surface area contributed by atoms with Gasteiger partial charge in [-0.3, -0.25) is 0 Å². The van der Waals surface area contributed by atoms with Gasteiger partial charge in [0, 0.05) is 17.1 Å². The average molecular weight is 351 g/mol. The van der Waals surface area contributed by atoms with Gasteiger partial charge in [0.15, 0.2) is 5.82 Å². The second kappa shape index (κ2) is 6.25. The van der Waals surface area contributed by atoms with Crippen molar-refractivity contribution in [3.05, 3.63) is 85.1 Å². The SMILES string of the molecule is COc1ccc2nc(-c3ccccc3)nc(-n3ccc4ccccc43)c2c1. The van der Waals surface area contributed by atoms with Crippen LogP contribution >= 0.6 is 0 Å². The fraction of sp³-hybridized carbons (Fsp3) is 0.0435. The lowest BCUT2D eigenvalue weighted by Gasteiger charge is -2.12. The number of hydrogen-bond donors (Lipinski definition) is 0. The van der Waals surface area contributed by atoms with E-state index in [1.54, 1.807) is 7.11 Å². The molecule has 0 fully saturated rings. The normalized spacial score (nSPS) is 11.1. The molecule has 0 aliphatic heterocycles. The molecule has 0 saturated heterocycles. The number of aromatic nitrogens is 3. The molecule has 0 aliphatic rings. The quantitative estimate of drug-likeness (QED) is 0.446. The topological polar surface area (TPSA) is 39.9 Å². The number of ether oxygens (including phenoxy) is 1. The summed E-state index contributed by atoms with van der Waals surface area (Å²) in [6, 6.07) is 26.4. The van der Waals surface area contributed by atoms with Gasteiger partial charge in [0.05, 0.1) is 18.1 Å². The Morgan fingerprint density at radius 2 is 1.63 bits per heavy atom. The van der Waals surface area contributed by atoms with Crippen LogP contribution in [0.3, 0.4) is 0 Å². The van der Waals surface area contributed by atoms with Crippen molar-refractivity contribution in [2.45, 2.75) is 0 Å². The van der Waals surface area contributed by atoms with E-state index in [1.807, 2.05) is 60.7 Å².